The van der Waals surface area contributed by atoms with Gasteiger partial charge in [-0.2, -0.15) is 8.42 Å². The van der Waals surface area contributed by atoms with E-state index >= 15 is 0 Å². The van der Waals surface area contributed by atoms with E-state index in [9.17, 15) is 23.1 Å². The zero-order valence-electron chi connectivity index (χ0n) is 19.5. The van der Waals surface area contributed by atoms with Crippen LogP contribution in [0.25, 0.3) is 0 Å². The number of piperazine rings is 1. The van der Waals surface area contributed by atoms with Gasteiger partial charge in [0.15, 0.2) is 0 Å². The van der Waals surface area contributed by atoms with Gasteiger partial charge < -0.3 is 19.1 Å². The van der Waals surface area contributed by atoms with Crippen molar-refractivity contribution in [2.45, 2.75) is 18.7 Å². The number of phenols is 1. The monoisotopic (exact) mass is 494 g/mol. The lowest BCUT2D eigenvalue weighted by molar-refractivity contribution is 0.0533. The summed E-state index contributed by atoms with van der Waals surface area (Å²) >= 11 is 0. The third-order valence-corrected chi connectivity index (χ3v) is 7.30. The van der Waals surface area contributed by atoms with E-state index in [-0.39, 0.29) is 33.8 Å². The standard InChI is InChI=1S/C26H26N2O6S/c1-18-7-8-19(2)24(17-18)35(32,33)34-21-11-9-20(10-12-21)25(30)27-13-15-28(16-14-27)26(31)22-5-3-4-6-23(22)29/h3-12,17,29H,13-16H2,1-2H3. The number of hydrogen-bond donors (Lipinski definition) is 1. The van der Waals surface area contributed by atoms with E-state index in [1.165, 1.54) is 30.3 Å². The van der Waals surface area contributed by atoms with Crippen molar-refractivity contribution in [2.75, 3.05) is 26.2 Å². The van der Waals surface area contributed by atoms with E-state index < -0.39 is 10.1 Å². The van der Waals surface area contributed by atoms with Crippen molar-refractivity contribution in [1.29, 1.82) is 0 Å². The van der Waals surface area contributed by atoms with E-state index in [0.717, 1.165) is 5.56 Å². The van der Waals surface area contributed by atoms with Gasteiger partial charge in [0, 0.05) is 31.7 Å². The first-order valence-electron chi connectivity index (χ1n) is 11.1. The van der Waals surface area contributed by atoms with E-state index in [0.29, 0.717) is 37.3 Å². The number of amides is 2. The number of benzene rings is 3. The molecule has 1 fully saturated rings. The first-order chi connectivity index (χ1) is 16.7. The molecule has 3 aromatic carbocycles. The topological polar surface area (TPSA) is 104 Å². The third kappa shape index (κ3) is 5.30. The quantitative estimate of drug-likeness (QED) is 0.546. The first-order valence-corrected chi connectivity index (χ1v) is 12.5. The molecule has 0 radical (unpaired) electrons. The highest BCUT2D eigenvalue weighted by molar-refractivity contribution is 7.87. The zero-order valence-corrected chi connectivity index (χ0v) is 20.3. The van der Waals surface area contributed by atoms with Crippen molar-refractivity contribution in [3.63, 3.8) is 0 Å². The number of carbonyl (C=O) groups excluding carboxylic acids is 2. The Kier molecular flexibility index (Phi) is 6.79. The van der Waals surface area contributed by atoms with Crippen LogP contribution in [0.1, 0.15) is 31.8 Å². The predicted octanol–water partition coefficient (Wildman–Crippen LogP) is 3.37. The highest BCUT2D eigenvalue weighted by Gasteiger charge is 2.27. The van der Waals surface area contributed by atoms with Gasteiger partial charge in [-0.15, -0.1) is 0 Å². The van der Waals surface area contributed by atoms with Gasteiger partial charge in [0.1, 0.15) is 16.4 Å². The van der Waals surface area contributed by atoms with Crippen LogP contribution < -0.4 is 4.18 Å². The van der Waals surface area contributed by atoms with Gasteiger partial charge in [-0.3, -0.25) is 9.59 Å². The molecule has 9 heteroatoms. The summed E-state index contributed by atoms with van der Waals surface area (Å²) in [6.07, 6.45) is 0. The largest absolute Gasteiger partial charge is 0.507 e. The molecule has 0 saturated carbocycles. The lowest BCUT2D eigenvalue weighted by Crippen LogP contribution is -2.50. The Labute approximate surface area is 204 Å². The zero-order chi connectivity index (χ0) is 25.2. The molecule has 0 bridgehead atoms. The molecule has 1 aliphatic rings. The Morgan fingerprint density at radius 3 is 2.06 bits per heavy atom. The van der Waals surface area contributed by atoms with Crippen molar-refractivity contribution in [1.82, 2.24) is 9.80 Å². The molecule has 8 nitrogen and oxygen atoms in total. The van der Waals surface area contributed by atoms with Crippen LogP contribution >= 0.6 is 0 Å². The molecule has 182 valence electrons. The number of rotatable bonds is 5. The molecule has 1 heterocycles. The molecule has 0 atom stereocenters. The fourth-order valence-electron chi connectivity index (χ4n) is 3.92. The molecule has 1 saturated heterocycles. The summed E-state index contributed by atoms with van der Waals surface area (Å²) in [6.45, 7) is 4.88. The minimum absolute atomic E-state index is 0.0714. The number of phenolic OH excluding ortho intramolecular Hbond substituents is 1. The smallest absolute Gasteiger partial charge is 0.339 e. The maximum Gasteiger partial charge on any atom is 0.339 e. The fourth-order valence-corrected chi connectivity index (χ4v) is 5.17. The van der Waals surface area contributed by atoms with E-state index in [2.05, 4.69) is 0 Å². The Hall–Kier alpha value is -3.85. The van der Waals surface area contributed by atoms with Crippen molar-refractivity contribution >= 4 is 21.9 Å². The van der Waals surface area contributed by atoms with Crippen LogP contribution in [0.4, 0.5) is 0 Å². The van der Waals surface area contributed by atoms with Gasteiger partial charge in [-0.05, 0) is 67.4 Å². The van der Waals surface area contributed by atoms with Crippen LogP contribution in [0.2, 0.25) is 0 Å². The van der Waals surface area contributed by atoms with Crippen molar-refractivity contribution < 1.29 is 27.3 Å². The summed E-state index contributed by atoms with van der Waals surface area (Å²) in [4.78, 5) is 28.9. The molecule has 0 aliphatic carbocycles. The SMILES string of the molecule is Cc1ccc(C)c(S(=O)(=O)Oc2ccc(C(=O)N3CCN(C(=O)c4ccccc4O)CC3)cc2)c1. The Morgan fingerprint density at radius 2 is 1.43 bits per heavy atom. The summed E-state index contributed by atoms with van der Waals surface area (Å²) in [5.74, 6) is -0.455. The normalized spacial score (nSPS) is 14.0. The molecule has 4 rings (SSSR count). The molecule has 0 spiro atoms. The second kappa shape index (κ2) is 9.79. The number of hydrogen-bond acceptors (Lipinski definition) is 6. The number of nitrogens with zero attached hydrogens (tertiary/aromatic N) is 2. The van der Waals surface area contributed by atoms with Crippen molar-refractivity contribution in [2.24, 2.45) is 0 Å². The lowest BCUT2D eigenvalue weighted by Gasteiger charge is -2.35. The van der Waals surface area contributed by atoms with Crippen molar-refractivity contribution in [3.8, 4) is 11.5 Å². The average Bonchev–Trinajstić information content (AvgIpc) is 2.85. The van der Waals surface area contributed by atoms with Crippen LogP contribution in [0.3, 0.4) is 0 Å². The summed E-state index contributed by atoms with van der Waals surface area (Å²) in [7, 11) is -4.01. The second-order valence-corrected chi connectivity index (χ2v) is 9.95. The molecule has 3 aromatic rings. The molecule has 1 aliphatic heterocycles. The van der Waals surface area contributed by atoms with Crippen LogP contribution in [0.5, 0.6) is 11.5 Å². The average molecular weight is 495 g/mol. The summed E-state index contributed by atoms with van der Waals surface area (Å²) < 4.78 is 30.7. The van der Waals surface area contributed by atoms with Crippen molar-refractivity contribution in [3.05, 3.63) is 89.0 Å². The number of para-hydroxylation sites is 1. The number of carbonyl (C=O) groups is 2. The lowest BCUT2D eigenvalue weighted by atomic mass is 10.1. The minimum Gasteiger partial charge on any atom is -0.507 e. The second-order valence-electron chi connectivity index (χ2n) is 8.43. The Morgan fingerprint density at radius 1 is 0.829 bits per heavy atom. The molecule has 0 aromatic heterocycles. The molecule has 0 unspecified atom stereocenters. The third-order valence-electron chi connectivity index (χ3n) is 5.91. The molecule has 35 heavy (non-hydrogen) atoms. The van der Waals surface area contributed by atoms with Gasteiger partial charge in [0.05, 0.1) is 5.56 Å². The molecular formula is C26H26N2O6S. The highest BCUT2D eigenvalue weighted by atomic mass is 32.2. The first kappa shape index (κ1) is 24.3. The number of aromatic hydroxyl groups is 1. The summed E-state index contributed by atoms with van der Waals surface area (Å²) in [6, 6.07) is 17.4. The highest BCUT2D eigenvalue weighted by Crippen LogP contribution is 2.24. The predicted molar refractivity (Wildman–Crippen MR) is 130 cm³/mol. The van der Waals surface area contributed by atoms with Gasteiger partial charge in [-0.25, -0.2) is 0 Å². The van der Waals surface area contributed by atoms with Crippen LogP contribution in [-0.2, 0) is 10.1 Å². The Balaban J connectivity index is 1.38. The molecule has 1 N–H and O–H groups in total. The van der Waals surface area contributed by atoms with Crippen LogP contribution in [-0.4, -0.2) is 61.3 Å². The fraction of sp³-hybridized carbons (Fsp3) is 0.231. The maximum absolute atomic E-state index is 12.9. The number of aryl methyl sites for hydroxylation is 2. The van der Waals surface area contributed by atoms with Gasteiger partial charge in [0.25, 0.3) is 11.8 Å². The summed E-state index contributed by atoms with van der Waals surface area (Å²) in [5.41, 5.74) is 2.02. The molecular weight excluding hydrogens is 468 g/mol. The summed E-state index contributed by atoms with van der Waals surface area (Å²) in [5, 5.41) is 9.92. The van der Waals surface area contributed by atoms with Gasteiger partial charge >= 0.3 is 10.1 Å². The van der Waals surface area contributed by atoms with E-state index in [1.54, 1.807) is 54.0 Å². The Bertz CT molecular complexity index is 1360. The van der Waals surface area contributed by atoms with E-state index in [1.807, 2.05) is 6.07 Å². The van der Waals surface area contributed by atoms with Crippen LogP contribution in [0, 0.1) is 13.8 Å². The minimum atomic E-state index is -4.01. The van der Waals surface area contributed by atoms with Gasteiger partial charge in [-0.1, -0.05) is 24.3 Å². The van der Waals surface area contributed by atoms with E-state index in [4.69, 9.17) is 4.18 Å². The molecule has 2 amide bonds. The van der Waals surface area contributed by atoms with Crippen LogP contribution in [0.15, 0.2) is 71.6 Å². The van der Waals surface area contributed by atoms with Gasteiger partial charge in [0.2, 0.25) is 0 Å². The maximum atomic E-state index is 12.9.